The first-order valence-electron chi connectivity index (χ1n) is 9.63. The van der Waals surface area contributed by atoms with Crippen molar-refractivity contribution in [3.8, 4) is 11.4 Å². The number of aryl methyl sites for hydroxylation is 1. The molecule has 3 aromatic rings. The lowest BCUT2D eigenvalue weighted by atomic mass is 10.1. The van der Waals surface area contributed by atoms with Gasteiger partial charge in [-0.15, -0.1) is 0 Å². The number of benzene rings is 2. The second-order valence-electron chi connectivity index (χ2n) is 7.11. The number of anilines is 1. The summed E-state index contributed by atoms with van der Waals surface area (Å²) >= 11 is 6.21. The highest BCUT2D eigenvalue weighted by atomic mass is 35.5. The fraction of sp³-hybridized carbons (Fsp3) is 0.318. The molecular formula is C22H22ClN3O2. The van der Waals surface area contributed by atoms with E-state index in [0.717, 1.165) is 17.7 Å². The molecule has 2 aromatic carbocycles. The summed E-state index contributed by atoms with van der Waals surface area (Å²) in [5, 5.41) is 4.63. The van der Waals surface area contributed by atoms with Crippen LogP contribution >= 0.6 is 11.6 Å². The Balaban J connectivity index is 1.49. The zero-order valence-electron chi connectivity index (χ0n) is 15.8. The lowest BCUT2D eigenvalue weighted by molar-refractivity contribution is -0.117. The predicted molar refractivity (Wildman–Crippen MR) is 110 cm³/mol. The van der Waals surface area contributed by atoms with Crippen LogP contribution in [0.25, 0.3) is 11.4 Å². The van der Waals surface area contributed by atoms with Crippen LogP contribution in [0.15, 0.2) is 53.1 Å². The average Bonchev–Trinajstić information content (AvgIpc) is 3.34. The van der Waals surface area contributed by atoms with Crippen molar-refractivity contribution in [2.45, 2.75) is 38.5 Å². The van der Waals surface area contributed by atoms with E-state index in [4.69, 9.17) is 16.1 Å². The van der Waals surface area contributed by atoms with E-state index in [2.05, 4.69) is 29.2 Å². The molecule has 2 heterocycles. The molecule has 0 bridgehead atoms. The molecule has 0 N–H and O–H groups in total. The Morgan fingerprint density at radius 2 is 1.96 bits per heavy atom. The molecule has 4 rings (SSSR count). The summed E-state index contributed by atoms with van der Waals surface area (Å²) in [5.74, 6) is 0.886. The second-order valence-corrected chi connectivity index (χ2v) is 7.52. The Hall–Kier alpha value is -2.66. The number of nitrogens with zero attached hydrogens (tertiary/aromatic N) is 3. The van der Waals surface area contributed by atoms with Gasteiger partial charge in [0.2, 0.25) is 17.6 Å². The summed E-state index contributed by atoms with van der Waals surface area (Å²) in [5.41, 5.74) is 2.94. The minimum absolute atomic E-state index is 0.0730. The van der Waals surface area contributed by atoms with Gasteiger partial charge < -0.3 is 9.42 Å². The fourth-order valence-electron chi connectivity index (χ4n) is 3.50. The van der Waals surface area contributed by atoms with Gasteiger partial charge >= 0.3 is 0 Å². The Morgan fingerprint density at radius 1 is 1.18 bits per heavy atom. The Kier molecular flexibility index (Phi) is 5.44. The van der Waals surface area contributed by atoms with Gasteiger partial charge in [0.1, 0.15) is 0 Å². The zero-order chi connectivity index (χ0) is 19.5. The maximum absolute atomic E-state index is 12.6. The predicted octanol–water partition coefficient (Wildman–Crippen LogP) is 5.25. The van der Waals surface area contributed by atoms with Gasteiger partial charge in [-0.2, -0.15) is 4.98 Å². The van der Waals surface area contributed by atoms with Crippen LogP contribution in [-0.4, -0.2) is 22.6 Å². The maximum Gasteiger partial charge on any atom is 0.232 e. The molecule has 1 saturated heterocycles. The molecule has 0 spiro atoms. The highest BCUT2D eigenvalue weighted by molar-refractivity contribution is 6.33. The van der Waals surface area contributed by atoms with Crippen LogP contribution in [0.2, 0.25) is 5.02 Å². The lowest BCUT2D eigenvalue weighted by Crippen LogP contribution is -2.24. The summed E-state index contributed by atoms with van der Waals surface area (Å²) < 4.78 is 5.46. The molecule has 5 nitrogen and oxygen atoms in total. The van der Waals surface area contributed by atoms with E-state index >= 15 is 0 Å². The molecule has 1 aromatic heterocycles. The molecule has 0 saturated carbocycles. The van der Waals surface area contributed by atoms with Gasteiger partial charge in [0.05, 0.1) is 10.9 Å². The molecule has 1 aliphatic heterocycles. The molecule has 0 radical (unpaired) electrons. The Morgan fingerprint density at radius 3 is 2.71 bits per heavy atom. The highest BCUT2D eigenvalue weighted by Crippen LogP contribution is 2.33. The van der Waals surface area contributed by atoms with Crippen molar-refractivity contribution in [3.63, 3.8) is 0 Å². The van der Waals surface area contributed by atoms with E-state index in [1.807, 2.05) is 30.3 Å². The van der Waals surface area contributed by atoms with Gasteiger partial charge in [0, 0.05) is 24.2 Å². The van der Waals surface area contributed by atoms with Crippen molar-refractivity contribution in [1.29, 1.82) is 0 Å². The quantitative estimate of drug-likeness (QED) is 0.571. The first-order chi connectivity index (χ1) is 13.7. The van der Waals surface area contributed by atoms with E-state index in [-0.39, 0.29) is 11.8 Å². The summed E-state index contributed by atoms with van der Waals surface area (Å²) in [6.45, 7) is 2.73. The minimum atomic E-state index is -0.115. The number of amides is 1. The molecule has 1 amide bonds. The third kappa shape index (κ3) is 3.80. The van der Waals surface area contributed by atoms with Crippen LogP contribution in [0.4, 0.5) is 5.69 Å². The van der Waals surface area contributed by atoms with Gasteiger partial charge in [-0.05, 0) is 42.7 Å². The number of unbranched alkanes of at least 4 members (excludes halogenated alkanes) is 1. The lowest BCUT2D eigenvalue weighted by Gasteiger charge is -2.16. The fourth-order valence-corrected chi connectivity index (χ4v) is 3.72. The van der Waals surface area contributed by atoms with Crippen LogP contribution in [0.3, 0.4) is 0 Å². The smallest absolute Gasteiger partial charge is 0.232 e. The molecule has 0 aliphatic carbocycles. The van der Waals surface area contributed by atoms with Crippen molar-refractivity contribution >= 4 is 23.2 Å². The Labute approximate surface area is 169 Å². The van der Waals surface area contributed by atoms with E-state index in [0.29, 0.717) is 29.7 Å². The first-order valence-corrected chi connectivity index (χ1v) is 10.0. The van der Waals surface area contributed by atoms with Gasteiger partial charge in [0.15, 0.2) is 0 Å². The van der Waals surface area contributed by atoms with Crippen LogP contribution in [0.1, 0.15) is 43.6 Å². The van der Waals surface area contributed by atoms with Crippen molar-refractivity contribution in [1.82, 2.24) is 10.1 Å². The summed E-state index contributed by atoms with van der Waals surface area (Å²) in [4.78, 5) is 18.9. The number of hydrogen-bond acceptors (Lipinski definition) is 4. The normalized spacial score (nSPS) is 16.7. The number of carbonyl (C=O) groups is 1. The van der Waals surface area contributed by atoms with Crippen molar-refractivity contribution in [2.75, 3.05) is 11.4 Å². The molecular weight excluding hydrogens is 374 g/mol. The van der Waals surface area contributed by atoms with Crippen LogP contribution in [-0.2, 0) is 11.2 Å². The molecule has 28 heavy (non-hydrogen) atoms. The molecule has 1 unspecified atom stereocenters. The second kappa shape index (κ2) is 8.15. The monoisotopic (exact) mass is 395 g/mol. The highest BCUT2D eigenvalue weighted by Gasteiger charge is 2.35. The minimum Gasteiger partial charge on any atom is -0.339 e. The Bertz CT molecular complexity index is 968. The van der Waals surface area contributed by atoms with Gasteiger partial charge in [0.25, 0.3) is 0 Å². The van der Waals surface area contributed by atoms with Gasteiger partial charge in [-0.25, -0.2) is 0 Å². The van der Waals surface area contributed by atoms with Crippen molar-refractivity contribution < 1.29 is 9.32 Å². The first kappa shape index (κ1) is 18.7. The van der Waals surface area contributed by atoms with Gasteiger partial charge in [-0.3, -0.25) is 4.79 Å². The maximum atomic E-state index is 12.6. The third-order valence-corrected chi connectivity index (χ3v) is 5.43. The number of halogens is 1. The molecule has 6 heteroatoms. The average molecular weight is 396 g/mol. The number of hydrogen-bond donors (Lipinski definition) is 0. The van der Waals surface area contributed by atoms with Crippen LogP contribution in [0, 0.1) is 0 Å². The molecule has 1 aliphatic rings. The largest absolute Gasteiger partial charge is 0.339 e. The molecule has 144 valence electrons. The topological polar surface area (TPSA) is 59.2 Å². The molecule has 1 fully saturated rings. The summed E-state index contributed by atoms with van der Waals surface area (Å²) in [6, 6.07) is 15.6. The summed E-state index contributed by atoms with van der Waals surface area (Å²) in [7, 11) is 0. The SMILES string of the molecule is CCCCc1ccc(N2CC(c3nc(-c4ccccc4Cl)no3)CC2=O)cc1. The summed E-state index contributed by atoms with van der Waals surface area (Å²) in [6.07, 6.45) is 3.78. The van der Waals surface area contributed by atoms with E-state index in [1.165, 1.54) is 18.4 Å². The molecule has 1 atom stereocenters. The third-order valence-electron chi connectivity index (χ3n) is 5.10. The number of rotatable bonds is 6. The van der Waals surface area contributed by atoms with E-state index < -0.39 is 0 Å². The van der Waals surface area contributed by atoms with Gasteiger partial charge in [-0.1, -0.05) is 54.4 Å². The van der Waals surface area contributed by atoms with E-state index in [1.54, 1.807) is 11.0 Å². The van der Waals surface area contributed by atoms with E-state index in [9.17, 15) is 4.79 Å². The van der Waals surface area contributed by atoms with Crippen LogP contribution < -0.4 is 4.90 Å². The number of carbonyl (C=O) groups excluding carboxylic acids is 1. The van der Waals surface area contributed by atoms with Crippen LogP contribution in [0.5, 0.6) is 0 Å². The van der Waals surface area contributed by atoms with Crippen molar-refractivity contribution in [2.24, 2.45) is 0 Å². The number of aromatic nitrogens is 2. The van der Waals surface area contributed by atoms with Crippen molar-refractivity contribution in [3.05, 3.63) is 65.0 Å². The zero-order valence-corrected chi connectivity index (χ0v) is 16.5. The standard InChI is InChI=1S/C22H22ClN3O2/c1-2-3-6-15-9-11-17(12-10-15)26-14-16(13-20(26)27)22-24-21(25-28-22)18-7-4-5-8-19(18)23/h4-5,7-12,16H,2-3,6,13-14H2,1H3.